The first-order chi connectivity index (χ1) is 14.2. The third-order valence-electron chi connectivity index (χ3n) is 5.76. The molecule has 0 unspecified atom stereocenters. The number of carbonyl (C=O) groups is 1. The van der Waals surface area contributed by atoms with Gasteiger partial charge in [0.2, 0.25) is 5.91 Å². The number of halogens is 1. The van der Waals surface area contributed by atoms with Crippen molar-refractivity contribution in [2.24, 2.45) is 5.92 Å². The molecule has 164 valence electrons. The van der Waals surface area contributed by atoms with E-state index < -0.39 is 17.5 Å². The van der Waals surface area contributed by atoms with E-state index in [4.69, 9.17) is 9.26 Å². The van der Waals surface area contributed by atoms with Gasteiger partial charge < -0.3 is 19.3 Å². The molecule has 3 rings (SSSR count). The van der Waals surface area contributed by atoms with Gasteiger partial charge in [0.15, 0.2) is 0 Å². The maximum absolute atomic E-state index is 13.6. The van der Waals surface area contributed by atoms with Gasteiger partial charge in [-0.3, -0.25) is 4.79 Å². The second-order valence-corrected chi connectivity index (χ2v) is 8.66. The number of nitrogens with zero attached hydrogens (tertiary/aromatic N) is 2. The molecule has 0 spiro atoms. The van der Waals surface area contributed by atoms with Crippen LogP contribution < -0.4 is 4.74 Å². The molecule has 7 heteroatoms. The number of aryl methyl sites for hydroxylation is 2. The van der Waals surface area contributed by atoms with E-state index in [0.29, 0.717) is 38.0 Å². The molecule has 1 aromatic carbocycles. The Morgan fingerprint density at radius 1 is 1.43 bits per heavy atom. The number of carbonyl (C=O) groups excluding carboxylic acids is 1. The van der Waals surface area contributed by atoms with Crippen LogP contribution in [0.15, 0.2) is 28.8 Å². The van der Waals surface area contributed by atoms with Crippen LogP contribution in [0.4, 0.5) is 4.39 Å². The summed E-state index contributed by atoms with van der Waals surface area (Å²) in [4.78, 5) is 14.6. The van der Waals surface area contributed by atoms with Gasteiger partial charge in [0.05, 0.1) is 12.2 Å². The maximum atomic E-state index is 13.6. The number of piperidine rings is 1. The number of aliphatic hydroxyl groups is 1. The van der Waals surface area contributed by atoms with Gasteiger partial charge in [0.25, 0.3) is 0 Å². The van der Waals surface area contributed by atoms with Crippen molar-refractivity contribution < 1.29 is 23.6 Å². The fourth-order valence-corrected chi connectivity index (χ4v) is 4.22. The van der Waals surface area contributed by atoms with Crippen molar-refractivity contribution in [3.63, 3.8) is 0 Å². The van der Waals surface area contributed by atoms with Gasteiger partial charge in [-0.15, -0.1) is 0 Å². The molecule has 0 saturated carbocycles. The molecule has 2 aromatic rings. The van der Waals surface area contributed by atoms with Gasteiger partial charge in [-0.2, -0.15) is 0 Å². The molecule has 0 aliphatic carbocycles. The standard InChI is InChI=1S/C23H31FN2O4/c1-15(2)13-23(28)10-11-26(14-21(23)29-19-7-5-6-18(24)12-19)22(27)9-8-20-16(3)25-30-17(20)4/h5-7,12,15,21,28H,8-11,13-14H2,1-4H3/t21-,23+/m0/s1. The highest BCUT2D eigenvalue weighted by atomic mass is 19.1. The Kier molecular flexibility index (Phi) is 6.81. The summed E-state index contributed by atoms with van der Waals surface area (Å²) in [5.41, 5.74) is 0.695. The molecule has 1 amide bonds. The van der Waals surface area contributed by atoms with Crippen LogP contribution in [0.3, 0.4) is 0 Å². The summed E-state index contributed by atoms with van der Waals surface area (Å²) in [6, 6.07) is 5.88. The largest absolute Gasteiger partial charge is 0.485 e. The zero-order valence-corrected chi connectivity index (χ0v) is 18.2. The lowest BCUT2D eigenvalue weighted by Crippen LogP contribution is -2.59. The summed E-state index contributed by atoms with van der Waals surface area (Å²) >= 11 is 0. The summed E-state index contributed by atoms with van der Waals surface area (Å²) in [5.74, 6) is 0.942. The lowest BCUT2D eigenvalue weighted by atomic mass is 9.81. The molecule has 1 aromatic heterocycles. The molecule has 1 aliphatic heterocycles. The predicted octanol–water partition coefficient (Wildman–Crippen LogP) is 3.82. The van der Waals surface area contributed by atoms with Crippen molar-refractivity contribution in [3.05, 3.63) is 47.1 Å². The van der Waals surface area contributed by atoms with E-state index in [1.54, 1.807) is 17.0 Å². The van der Waals surface area contributed by atoms with Crippen LogP contribution in [0, 0.1) is 25.6 Å². The minimum absolute atomic E-state index is 0.00515. The van der Waals surface area contributed by atoms with Crippen molar-refractivity contribution in [3.8, 4) is 5.75 Å². The Bertz CT molecular complexity index is 862. The van der Waals surface area contributed by atoms with Gasteiger partial charge in [0.1, 0.15) is 29.0 Å². The average Bonchev–Trinajstić information content (AvgIpc) is 2.99. The zero-order valence-electron chi connectivity index (χ0n) is 18.2. The number of amides is 1. The topological polar surface area (TPSA) is 75.8 Å². The molecule has 1 saturated heterocycles. The zero-order chi connectivity index (χ0) is 21.9. The van der Waals surface area contributed by atoms with Crippen LogP contribution in [0.2, 0.25) is 0 Å². The van der Waals surface area contributed by atoms with Crippen molar-refractivity contribution in [1.29, 1.82) is 0 Å². The Hall–Kier alpha value is -2.41. The Balaban J connectivity index is 1.71. The van der Waals surface area contributed by atoms with Crippen molar-refractivity contribution >= 4 is 5.91 Å². The second-order valence-electron chi connectivity index (χ2n) is 8.66. The van der Waals surface area contributed by atoms with Crippen LogP contribution >= 0.6 is 0 Å². The normalized spacial score (nSPS) is 21.8. The minimum Gasteiger partial charge on any atom is -0.485 e. The van der Waals surface area contributed by atoms with E-state index in [-0.39, 0.29) is 18.4 Å². The van der Waals surface area contributed by atoms with E-state index in [9.17, 15) is 14.3 Å². The minimum atomic E-state index is -1.07. The molecular weight excluding hydrogens is 387 g/mol. The molecule has 6 nitrogen and oxygen atoms in total. The SMILES string of the molecule is Cc1noc(C)c1CCC(=O)N1CC[C@@](O)(CC(C)C)[C@@H](Oc2cccc(F)c2)C1. The number of hydrogen-bond donors (Lipinski definition) is 1. The molecule has 1 N–H and O–H groups in total. The molecule has 1 aliphatic rings. The second kappa shape index (κ2) is 9.16. The van der Waals surface area contributed by atoms with Gasteiger partial charge in [-0.05, 0) is 51.2 Å². The van der Waals surface area contributed by atoms with Gasteiger partial charge in [0, 0.05) is 24.6 Å². The number of likely N-dealkylation sites (tertiary alicyclic amines) is 1. The van der Waals surface area contributed by atoms with Crippen molar-refractivity contribution in [2.45, 2.75) is 65.1 Å². The summed E-state index contributed by atoms with van der Waals surface area (Å²) < 4.78 is 24.8. The number of ether oxygens (including phenoxy) is 1. The molecule has 2 atom stereocenters. The van der Waals surface area contributed by atoms with Crippen LogP contribution in [-0.2, 0) is 11.2 Å². The lowest BCUT2D eigenvalue weighted by molar-refractivity contribution is -0.148. The summed E-state index contributed by atoms with van der Waals surface area (Å²) in [6.07, 6.45) is 1.23. The Morgan fingerprint density at radius 2 is 2.20 bits per heavy atom. The molecule has 1 fully saturated rings. The highest BCUT2D eigenvalue weighted by Gasteiger charge is 2.44. The first-order valence-electron chi connectivity index (χ1n) is 10.5. The molecule has 2 heterocycles. The molecule has 0 bridgehead atoms. The lowest BCUT2D eigenvalue weighted by Gasteiger charge is -2.45. The smallest absolute Gasteiger partial charge is 0.223 e. The summed E-state index contributed by atoms with van der Waals surface area (Å²) in [6.45, 7) is 8.52. The van der Waals surface area contributed by atoms with Gasteiger partial charge in [-0.25, -0.2) is 4.39 Å². The van der Waals surface area contributed by atoms with Crippen molar-refractivity contribution in [2.75, 3.05) is 13.1 Å². The fourth-order valence-electron chi connectivity index (χ4n) is 4.22. The van der Waals surface area contributed by atoms with Gasteiger partial charge in [-0.1, -0.05) is 25.1 Å². The number of aromatic nitrogens is 1. The highest BCUT2D eigenvalue weighted by molar-refractivity contribution is 5.76. The predicted molar refractivity (Wildman–Crippen MR) is 111 cm³/mol. The summed E-state index contributed by atoms with van der Waals surface area (Å²) in [5, 5.41) is 15.2. The summed E-state index contributed by atoms with van der Waals surface area (Å²) in [7, 11) is 0. The molecule has 0 radical (unpaired) electrons. The van der Waals surface area contributed by atoms with Crippen molar-refractivity contribution in [1.82, 2.24) is 10.1 Å². The van der Waals surface area contributed by atoms with E-state index in [1.165, 1.54) is 12.1 Å². The number of rotatable bonds is 7. The van der Waals surface area contributed by atoms with E-state index in [2.05, 4.69) is 5.16 Å². The van der Waals surface area contributed by atoms with Gasteiger partial charge >= 0.3 is 0 Å². The average molecular weight is 419 g/mol. The molecular formula is C23H31FN2O4. The highest BCUT2D eigenvalue weighted by Crippen LogP contribution is 2.33. The maximum Gasteiger partial charge on any atom is 0.223 e. The third-order valence-corrected chi connectivity index (χ3v) is 5.76. The first kappa shape index (κ1) is 22.3. The monoisotopic (exact) mass is 418 g/mol. The van der Waals surface area contributed by atoms with Crippen LogP contribution in [0.25, 0.3) is 0 Å². The molecule has 30 heavy (non-hydrogen) atoms. The van der Waals surface area contributed by atoms with E-state index in [0.717, 1.165) is 17.0 Å². The van der Waals surface area contributed by atoms with E-state index in [1.807, 2.05) is 27.7 Å². The Morgan fingerprint density at radius 3 is 2.83 bits per heavy atom. The quantitative estimate of drug-likeness (QED) is 0.740. The third kappa shape index (κ3) is 5.19. The van der Waals surface area contributed by atoms with E-state index >= 15 is 0 Å². The number of benzene rings is 1. The Labute approximate surface area is 177 Å². The van der Waals surface area contributed by atoms with Crippen LogP contribution in [0.1, 0.15) is 50.1 Å². The van der Waals surface area contributed by atoms with Crippen LogP contribution in [-0.4, -0.2) is 45.9 Å². The van der Waals surface area contributed by atoms with Crippen LogP contribution in [0.5, 0.6) is 5.75 Å². The fraction of sp³-hybridized carbons (Fsp3) is 0.565. The first-order valence-corrected chi connectivity index (χ1v) is 10.5. The number of hydrogen-bond acceptors (Lipinski definition) is 5.